The fourth-order valence-electron chi connectivity index (χ4n) is 1.35. The molecule has 0 amide bonds. The first-order valence-electron chi connectivity index (χ1n) is 5.20. The van der Waals surface area contributed by atoms with Crippen LogP contribution in [0.1, 0.15) is 25.0 Å². The fraction of sp³-hybridized carbons (Fsp3) is 0.417. The van der Waals surface area contributed by atoms with Crippen molar-refractivity contribution in [2.24, 2.45) is 5.16 Å². The van der Waals surface area contributed by atoms with Crippen LogP contribution >= 0.6 is 0 Å². The standard InChI is InChI=1S/C12H15NO3/c1-12(2)8-15-11(13-16-12)10-5-3-9(7-14)4-6-10/h3-6,14H,7-8H2,1-2H3. The van der Waals surface area contributed by atoms with Crippen LogP contribution in [0.3, 0.4) is 0 Å². The number of nitrogens with zero attached hydrogens (tertiary/aromatic N) is 1. The topological polar surface area (TPSA) is 51.0 Å². The lowest BCUT2D eigenvalue weighted by Gasteiger charge is -2.27. The molecule has 1 N–H and O–H groups in total. The van der Waals surface area contributed by atoms with Gasteiger partial charge in [-0.2, -0.15) is 0 Å². The fourth-order valence-corrected chi connectivity index (χ4v) is 1.35. The molecule has 16 heavy (non-hydrogen) atoms. The Morgan fingerprint density at radius 2 is 2.00 bits per heavy atom. The molecule has 1 aliphatic heterocycles. The number of aliphatic hydroxyl groups is 1. The quantitative estimate of drug-likeness (QED) is 0.826. The van der Waals surface area contributed by atoms with Gasteiger partial charge < -0.3 is 14.7 Å². The summed E-state index contributed by atoms with van der Waals surface area (Å²) in [6, 6.07) is 7.38. The van der Waals surface area contributed by atoms with Crippen molar-refractivity contribution in [2.45, 2.75) is 26.1 Å². The van der Waals surface area contributed by atoms with Gasteiger partial charge in [-0.15, -0.1) is 0 Å². The average Bonchev–Trinajstić information content (AvgIpc) is 2.29. The third-order valence-corrected chi connectivity index (χ3v) is 2.32. The normalized spacial score (nSPS) is 18.3. The Hall–Kier alpha value is -1.55. The Labute approximate surface area is 94.5 Å². The summed E-state index contributed by atoms with van der Waals surface area (Å²) >= 11 is 0. The average molecular weight is 221 g/mol. The molecule has 0 aromatic heterocycles. The molecule has 0 spiro atoms. The first-order chi connectivity index (χ1) is 7.61. The number of rotatable bonds is 2. The number of hydrogen-bond acceptors (Lipinski definition) is 4. The molecule has 86 valence electrons. The van der Waals surface area contributed by atoms with Crippen molar-refractivity contribution in [1.82, 2.24) is 0 Å². The van der Waals surface area contributed by atoms with E-state index >= 15 is 0 Å². The summed E-state index contributed by atoms with van der Waals surface area (Å²) in [6.45, 7) is 4.36. The van der Waals surface area contributed by atoms with Crippen molar-refractivity contribution in [2.75, 3.05) is 6.61 Å². The third kappa shape index (κ3) is 2.33. The van der Waals surface area contributed by atoms with E-state index in [2.05, 4.69) is 5.16 Å². The zero-order valence-electron chi connectivity index (χ0n) is 9.43. The van der Waals surface area contributed by atoms with Gasteiger partial charge in [-0.3, -0.25) is 0 Å². The largest absolute Gasteiger partial charge is 0.471 e. The molecule has 1 aromatic carbocycles. The van der Waals surface area contributed by atoms with Crippen molar-refractivity contribution >= 4 is 5.90 Å². The number of benzene rings is 1. The van der Waals surface area contributed by atoms with Gasteiger partial charge in [-0.05, 0) is 36.7 Å². The van der Waals surface area contributed by atoms with Gasteiger partial charge in [0, 0.05) is 5.56 Å². The van der Waals surface area contributed by atoms with Crippen molar-refractivity contribution in [3.8, 4) is 0 Å². The van der Waals surface area contributed by atoms with Gasteiger partial charge in [0.1, 0.15) is 6.61 Å². The van der Waals surface area contributed by atoms with Crippen molar-refractivity contribution in [1.29, 1.82) is 0 Å². The number of aliphatic hydroxyl groups excluding tert-OH is 1. The van der Waals surface area contributed by atoms with E-state index in [1.165, 1.54) is 0 Å². The van der Waals surface area contributed by atoms with Crippen LogP contribution in [0.25, 0.3) is 0 Å². The van der Waals surface area contributed by atoms with Crippen molar-refractivity contribution < 1.29 is 14.7 Å². The highest BCUT2D eigenvalue weighted by molar-refractivity contribution is 5.94. The first-order valence-corrected chi connectivity index (χ1v) is 5.20. The minimum absolute atomic E-state index is 0.0388. The number of oxime groups is 1. The Morgan fingerprint density at radius 3 is 2.50 bits per heavy atom. The van der Waals surface area contributed by atoms with Crippen LogP contribution in [0.15, 0.2) is 29.4 Å². The van der Waals surface area contributed by atoms with Gasteiger partial charge >= 0.3 is 0 Å². The van der Waals surface area contributed by atoms with E-state index in [1.807, 2.05) is 38.1 Å². The van der Waals surface area contributed by atoms with Crippen LogP contribution in [0.5, 0.6) is 0 Å². The summed E-state index contributed by atoms with van der Waals surface area (Å²) < 4.78 is 5.52. The first kappa shape index (κ1) is 11.0. The highest BCUT2D eigenvalue weighted by Gasteiger charge is 2.26. The van der Waals surface area contributed by atoms with E-state index in [0.717, 1.165) is 11.1 Å². The van der Waals surface area contributed by atoms with Crippen LogP contribution in [-0.2, 0) is 16.2 Å². The predicted octanol–water partition coefficient (Wildman–Crippen LogP) is 1.67. The molecule has 0 saturated carbocycles. The highest BCUT2D eigenvalue weighted by atomic mass is 16.7. The van der Waals surface area contributed by atoms with Crippen LogP contribution < -0.4 is 0 Å². The summed E-state index contributed by atoms with van der Waals surface area (Å²) in [5.41, 5.74) is 1.35. The highest BCUT2D eigenvalue weighted by Crippen LogP contribution is 2.18. The molecular weight excluding hydrogens is 206 g/mol. The zero-order valence-corrected chi connectivity index (χ0v) is 9.43. The summed E-state index contributed by atoms with van der Waals surface area (Å²) in [5, 5.41) is 12.9. The Balaban J connectivity index is 2.16. The molecule has 0 radical (unpaired) electrons. The second-order valence-corrected chi connectivity index (χ2v) is 4.39. The Bertz CT molecular complexity index is 395. The minimum Gasteiger partial charge on any atom is -0.471 e. The van der Waals surface area contributed by atoms with Crippen molar-refractivity contribution in [3.05, 3.63) is 35.4 Å². The molecule has 1 heterocycles. The van der Waals surface area contributed by atoms with E-state index in [4.69, 9.17) is 14.7 Å². The number of ether oxygens (including phenoxy) is 1. The van der Waals surface area contributed by atoms with Gasteiger partial charge in [-0.1, -0.05) is 12.1 Å². The summed E-state index contributed by atoms with van der Waals surface area (Å²) in [6.07, 6.45) is 0. The van der Waals surface area contributed by atoms with Gasteiger partial charge in [0.15, 0.2) is 5.60 Å². The van der Waals surface area contributed by atoms with E-state index in [-0.39, 0.29) is 12.2 Å². The van der Waals surface area contributed by atoms with Crippen LogP contribution in [0, 0.1) is 0 Å². The number of hydrogen-bond donors (Lipinski definition) is 1. The van der Waals surface area contributed by atoms with E-state index in [9.17, 15) is 0 Å². The molecule has 0 fully saturated rings. The zero-order chi connectivity index (χ0) is 11.6. The summed E-state index contributed by atoms with van der Waals surface area (Å²) in [4.78, 5) is 5.30. The molecular formula is C12H15NO3. The molecule has 4 heteroatoms. The molecule has 0 atom stereocenters. The summed E-state index contributed by atoms with van der Waals surface area (Å²) in [5.74, 6) is 0.490. The summed E-state index contributed by atoms with van der Waals surface area (Å²) in [7, 11) is 0. The van der Waals surface area contributed by atoms with E-state index in [1.54, 1.807) is 0 Å². The lowest BCUT2D eigenvalue weighted by atomic mass is 10.1. The molecule has 1 aromatic rings. The maximum Gasteiger partial charge on any atom is 0.257 e. The van der Waals surface area contributed by atoms with Crippen LogP contribution in [-0.4, -0.2) is 23.2 Å². The SMILES string of the molecule is CC1(C)COC(c2ccc(CO)cc2)=NO1. The van der Waals surface area contributed by atoms with Gasteiger partial charge in [0.05, 0.1) is 6.61 Å². The van der Waals surface area contributed by atoms with Crippen LogP contribution in [0.4, 0.5) is 0 Å². The monoisotopic (exact) mass is 221 g/mol. The molecule has 0 unspecified atom stereocenters. The van der Waals surface area contributed by atoms with Gasteiger partial charge in [-0.25, -0.2) is 0 Å². The Kier molecular flexibility index (Phi) is 2.83. The van der Waals surface area contributed by atoms with Gasteiger partial charge in [0.2, 0.25) is 0 Å². The van der Waals surface area contributed by atoms with E-state index < -0.39 is 0 Å². The maximum atomic E-state index is 8.92. The van der Waals surface area contributed by atoms with Gasteiger partial charge in [0.25, 0.3) is 5.90 Å². The molecule has 0 saturated heterocycles. The smallest absolute Gasteiger partial charge is 0.257 e. The van der Waals surface area contributed by atoms with Crippen LogP contribution in [0.2, 0.25) is 0 Å². The van der Waals surface area contributed by atoms with E-state index in [0.29, 0.717) is 12.5 Å². The molecule has 2 rings (SSSR count). The molecule has 0 bridgehead atoms. The second kappa shape index (κ2) is 4.14. The molecule has 1 aliphatic rings. The Morgan fingerprint density at radius 1 is 1.31 bits per heavy atom. The lowest BCUT2D eigenvalue weighted by Crippen LogP contribution is -2.35. The van der Waals surface area contributed by atoms with Crippen molar-refractivity contribution in [3.63, 3.8) is 0 Å². The molecule has 0 aliphatic carbocycles. The molecule has 4 nitrogen and oxygen atoms in total. The second-order valence-electron chi connectivity index (χ2n) is 4.39. The predicted molar refractivity (Wildman–Crippen MR) is 60.0 cm³/mol. The third-order valence-electron chi connectivity index (χ3n) is 2.32. The maximum absolute atomic E-state index is 8.92. The lowest BCUT2D eigenvalue weighted by molar-refractivity contribution is -0.0734. The minimum atomic E-state index is -0.367.